The van der Waals surface area contributed by atoms with E-state index in [4.69, 9.17) is 0 Å². The minimum absolute atomic E-state index is 0.113. The summed E-state index contributed by atoms with van der Waals surface area (Å²) in [7, 11) is 3.56. The van der Waals surface area contributed by atoms with Gasteiger partial charge in [-0.3, -0.25) is 4.79 Å². The van der Waals surface area contributed by atoms with E-state index in [9.17, 15) is 4.79 Å². The van der Waals surface area contributed by atoms with Gasteiger partial charge >= 0.3 is 0 Å². The lowest BCUT2D eigenvalue weighted by Gasteiger charge is -2.07. The highest BCUT2D eigenvalue weighted by atomic mass is 16.1. The van der Waals surface area contributed by atoms with Crippen molar-refractivity contribution >= 4 is 5.91 Å². The third kappa shape index (κ3) is 4.32. The topological polar surface area (TPSA) is 41.1 Å². The normalized spacial score (nSPS) is 12.7. The van der Waals surface area contributed by atoms with Crippen molar-refractivity contribution in [1.29, 1.82) is 0 Å². The zero-order valence-electron chi connectivity index (χ0n) is 6.90. The van der Waals surface area contributed by atoms with Crippen LogP contribution in [0.25, 0.3) is 0 Å². The largest absolute Gasteiger partial charge is 0.359 e. The van der Waals surface area contributed by atoms with Crippen molar-refractivity contribution < 1.29 is 4.79 Å². The van der Waals surface area contributed by atoms with Crippen LogP contribution in [0.5, 0.6) is 0 Å². The number of hydrogen-bond donors (Lipinski definition) is 2. The Morgan fingerprint density at radius 2 is 2.10 bits per heavy atom. The second-order valence-corrected chi connectivity index (χ2v) is 2.40. The van der Waals surface area contributed by atoms with Crippen LogP contribution >= 0.6 is 0 Å². The molecule has 2 N–H and O–H groups in total. The minimum Gasteiger partial charge on any atom is -0.359 e. The third-order valence-corrected chi connectivity index (χ3v) is 1.58. The van der Waals surface area contributed by atoms with E-state index in [1.807, 2.05) is 7.05 Å². The Hall–Kier alpha value is -0.570. The van der Waals surface area contributed by atoms with Gasteiger partial charge in [0.2, 0.25) is 5.91 Å². The SMILES string of the molecule is CNC(=O)CCC(C)NC. The number of hydrogen-bond acceptors (Lipinski definition) is 2. The molecule has 0 aromatic carbocycles. The molecule has 0 bridgehead atoms. The van der Waals surface area contributed by atoms with E-state index in [-0.39, 0.29) is 5.91 Å². The molecule has 0 aliphatic carbocycles. The van der Waals surface area contributed by atoms with Crippen LogP contribution in [0, 0.1) is 0 Å². The number of rotatable bonds is 4. The van der Waals surface area contributed by atoms with Gasteiger partial charge in [-0.05, 0) is 20.4 Å². The molecule has 1 amide bonds. The molecule has 0 fully saturated rings. The van der Waals surface area contributed by atoms with E-state index in [1.54, 1.807) is 7.05 Å². The fourth-order valence-electron chi connectivity index (χ4n) is 0.617. The lowest BCUT2D eigenvalue weighted by molar-refractivity contribution is -0.120. The van der Waals surface area contributed by atoms with Crippen LogP contribution < -0.4 is 10.6 Å². The Labute approximate surface area is 62.2 Å². The van der Waals surface area contributed by atoms with Gasteiger partial charge in [-0.25, -0.2) is 0 Å². The van der Waals surface area contributed by atoms with Crippen LogP contribution in [-0.2, 0) is 4.79 Å². The number of carbonyl (C=O) groups excluding carboxylic acids is 1. The molecule has 0 spiro atoms. The summed E-state index contributed by atoms with van der Waals surface area (Å²) < 4.78 is 0. The fourth-order valence-corrected chi connectivity index (χ4v) is 0.617. The number of nitrogens with one attached hydrogen (secondary N) is 2. The zero-order chi connectivity index (χ0) is 7.98. The smallest absolute Gasteiger partial charge is 0.219 e. The molecule has 0 rings (SSSR count). The third-order valence-electron chi connectivity index (χ3n) is 1.58. The zero-order valence-corrected chi connectivity index (χ0v) is 6.90. The van der Waals surface area contributed by atoms with Crippen molar-refractivity contribution in [1.82, 2.24) is 10.6 Å². The molecular weight excluding hydrogens is 128 g/mol. The summed E-state index contributed by atoms with van der Waals surface area (Å²) in [6.07, 6.45) is 1.51. The van der Waals surface area contributed by atoms with Gasteiger partial charge in [0, 0.05) is 19.5 Å². The first-order chi connectivity index (χ1) is 4.70. The summed E-state index contributed by atoms with van der Waals surface area (Å²) in [6.45, 7) is 2.06. The summed E-state index contributed by atoms with van der Waals surface area (Å²) in [5, 5.41) is 5.64. The highest BCUT2D eigenvalue weighted by Crippen LogP contribution is 1.93. The van der Waals surface area contributed by atoms with E-state index in [0.29, 0.717) is 12.5 Å². The quantitative estimate of drug-likeness (QED) is 0.588. The first-order valence-electron chi connectivity index (χ1n) is 3.58. The predicted molar refractivity (Wildman–Crippen MR) is 41.8 cm³/mol. The summed E-state index contributed by atoms with van der Waals surface area (Å²) in [6, 6.07) is 0.428. The molecule has 60 valence electrons. The van der Waals surface area contributed by atoms with Gasteiger partial charge in [0.05, 0.1) is 0 Å². The van der Waals surface area contributed by atoms with Gasteiger partial charge < -0.3 is 10.6 Å². The van der Waals surface area contributed by atoms with Crippen molar-refractivity contribution in [3.05, 3.63) is 0 Å². The monoisotopic (exact) mass is 144 g/mol. The molecule has 0 aliphatic rings. The maximum Gasteiger partial charge on any atom is 0.219 e. The van der Waals surface area contributed by atoms with Crippen LogP contribution in [0.3, 0.4) is 0 Å². The highest BCUT2D eigenvalue weighted by molar-refractivity contribution is 5.75. The summed E-state index contributed by atoms with van der Waals surface area (Å²) in [5.41, 5.74) is 0. The predicted octanol–water partition coefficient (Wildman–Crippen LogP) is 0.120. The van der Waals surface area contributed by atoms with E-state index in [2.05, 4.69) is 17.6 Å². The second-order valence-electron chi connectivity index (χ2n) is 2.40. The van der Waals surface area contributed by atoms with E-state index in [1.165, 1.54) is 0 Å². The Morgan fingerprint density at radius 3 is 2.50 bits per heavy atom. The van der Waals surface area contributed by atoms with Gasteiger partial charge in [-0.15, -0.1) is 0 Å². The fraction of sp³-hybridized carbons (Fsp3) is 0.857. The molecule has 0 heterocycles. The summed E-state index contributed by atoms with van der Waals surface area (Å²) in [4.78, 5) is 10.7. The van der Waals surface area contributed by atoms with Crippen molar-refractivity contribution in [3.63, 3.8) is 0 Å². The molecule has 3 heteroatoms. The molecule has 0 aromatic heterocycles. The first kappa shape index (κ1) is 9.43. The molecule has 0 radical (unpaired) electrons. The van der Waals surface area contributed by atoms with Crippen molar-refractivity contribution in [2.24, 2.45) is 0 Å². The average molecular weight is 144 g/mol. The van der Waals surface area contributed by atoms with Gasteiger partial charge in [0.25, 0.3) is 0 Å². The Morgan fingerprint density at radius 1 is 1.50 bits per heavy atom. The van der Waals surface area contributed by atoms with Gasteiger partial charge in [0.1, 0.15) is 0 Å². The maximum atomic E-state index is 10.7. The van der Waals surface area contributed by atoms with Gasteiger partial charge in [-0.2, -0.15) is 0 Å². The van der Waals surface area contributed by atoms with Crippen LogP contribution in [0.1, 0.15) is 19.8 Å². The Kier molecular flexibility index (Phi) is 4.94. The Bertz CT molecular complexity index is 104. The van der Waals surface area contributed by atoms with Crippen LogP contribution in [0.4, 0.5) is 0 Å². The van der Waals surface area contributed by atoms with Crippen LogP contribution in [0.15, 0.2) is 0 Å². The molecular formula is C7H16N2O. The number of carbonyl (C=O) groups is 1. The summed E-state index contributed by atoms with van der Waals surface area (Å²) >= 11 is 0. The Balaban J connectivity index is 3.26. The van der Waals surface area contributed by atoms with Crippen LogP contribution in [-0.4, -0.2) is 26.0 Å². The maximum absolute atomic E-state index is 10.7. The van der Waals surface area contributed by atoms with Crippen LogP contribution in [0.2, 0.25) is 0 Å². The molecule has 0 saturated carbocycles. The van der Waals surface area contributed by atoms with E-state index < -0.39 is 0 Å². The van der Waals surface area contributed by atoms with E-state index >= 15 is 0 Å². The first-order valence-corrected chi connectivity index (χ1v) is 3.58. The number of amides is 1. The standard InChI is InChI=1S/C7H16N2O/c1-6(8-2)4-5-7(10)9-3/h6,8H,4-5H2,1-3H3,(H,9,10). The molecule has 0 saturated heterocycles. The minimum atomic E-state index is 0.113. The molecule has 1 unspecified atom stereocenters. The molecule has 3 nitrogen and oxygen atoms in total. The molecule has 0 aromatic rings. The van der Waals surface area contributed by atoms with Crippen molar-refractivity contribution in [2.75, 3.05) is 14.1 Å². The van der Waals surface area contributed by atoms with Gasteiger partial charge in [0.15, 0.2) is 0 Å². The second kappa shape index (κ2) is 5.23. The molecule has 0 aliphatic heterocycles. The van der Waals surface area contributed by atoms with E-state index in [0.717, 1.165) is 6.42 Å². The van der Waals surface area contributed by atoms with Crippen molar-refractivity contribution in [2.45, 2.75) is 25.8 Å². The van der Waals surface area contributed by atoms with Crippen molar-refractivity contribution in [3.8, 4) is 0 Å². The average Bonchev–Trinajstić information content (AvgIpc) is 1.99. The summed E-state index contributed by atoms with van der Waals surface area (Å²) in [5.74, 6) is 0.113. The highest BCUT2D eigenvalue weighted by Gasteiger charge is 2.01. The lowest BCUT2D eigenvalue weighted by atomic mass is 10.2. The molecule has 1 atom stereocenters. The lowest BCUT2D eigenvalue weighted by Crippen LogP contribution is -2.25. The van der Waals surface area contributed by atoms with Gasteiger partial charge in [-0.1, -0.05) is 0 Å². The molecule has 10 heavy (non-hydrogen) atoms.